The molecule has 3 nitrogen and oxygen atoms in total. The molecule has 128 valence electrons. The zero-order chi connectivity index (χ0) is 16.4. The van der Waals surface area contributed by atoms with Gasteiger partial charge in [0.2, 0.25) is 5.91 Å². The molecule has 0 aliphatic heterocycles. The molecule has 3 N–H and O–H groups in total. The van der Waals surface area contributed by atoms with Crippen molar-refractivity contribution in [3.8, 4) is 0 Å². The van der Waals surface area contributed by atoms with Gasteiger partial charge >= 0.3 is 0 Å². The van der Waals surface area contributed by atoms with Crippen LogP contribution >= 0.6 is 28.3 Å². The Kier molecular flexibility index (Phi) is 6.44. The first-order valence-electron chi connectivity index (χ1n) is 7.96. The van der Waals surface area contributed by atoms with E-state index in [1.165, 1.54) is 11.1 Å². The van der Waals surface area contributed by atoms with E-state index in [1.54, 1.807) is 0 Å². The smallest absolute Gasteiger partial charge is 0.225 e. The fourth-order valence-electron chi connectivity index (χ4n) is 3.19. The third kappa shape index (κ3) is 3.82. The molecule has 1 amide bonds. The molecule has 0 saturated carbocycles. The Morgan fingerprint density at radius 3 is 2.62 bits per heavy atom. The van der Waals surface area contributed by atoms with Crippen molar-refractivity contribution >= 4 is 34.2 Å². The van der Waals surface area contributed by atoms with Crippen LogP contribution in [0.2, 0.25) is 0 Å². The standard InChI is InChI=1S/C19H21BrN2O.ClH/c1-12(18(21)13-6-3-2-4-7-13)19(23)22-17-11-10-14-15(17)8-5-9-16(14)20;/h2-9,12,17-18H,10-11,21H2,1H3,(H,22,23);1H. The van der Waals surface area contributed by atoms with Gasteiger partial charge in [-0.2, -0.15) is 0 Å². The molecule has 0 bridgehead atoms. The molecule has 2 aromatic carbocycles. The molecule has 0 spiro atoms. The molecule has 0 heterocycles. The monoisotopic (exact) mass is 408 g/mol. The average Bonchev–Trinajstić information content (AvgIpc) is 2.98. The number of benzene rings is 2. The highest BCUT2D eigenvalue weighted by Gasteiger charge is 2.29. The highest BCUT2D eigenvalue weighted by molar-refractivity contribution is 9.10. The molecule has 0 radical (unpaired) electrons. The molecule has 5 heteroatoms. The second-order valence-electron chi connectivity index (χ2n) is 6.13. The average molecular weight is 410 g/mol. The summed E-state index contributed by atoms with van der Waals surface area (Å²) in [5.41, 5.74) is 9.77. The third-order valence-electron chi connectivity index (χ3n) is 4.67. The van der Waals surface area contributed by atoms with Crippen LogP contribution < -0.4 is 11.1 Å². The second-order valence-corrected chi connectivity index (χ2v) is 6.99. The van der Waals surface area contributed by atoms with E-state index in [4.69, 9.17) is 5.73 Å². The largest absolute Gasteiger partial charge is 0.349 e. The fourth-order valence-corrected chi connectivity index (χ4v) is 3.77. The lowest BCUT2D eigenvalue weighted by atomic mass is 9.94. The zero-order valence-corrected chi connectivity index (χ0v) is 15.9. The summed E-state index contributed by atoms with van der Waals surface area (Å²) in [4.78, 5) is 12.6. The van der Waals surface area contributed by atoms with Crippen LogP contribution in [0.1, 0.15) is 42.1 Å². The van der Waals surface area contributed by atoms with Gasteiger partial charge in [0.25, 0.3) is 0 Å². The Hall–Kier alpha value is -1.36. The van der Waals surface area contributed by atoms with Crippen LogP contribution in [-0.2, 0) is 11.2 Å². The third-order valence-corrected chi connectivity index (χ3v) is 5.41. The summed E-state index contributed by atoms with van der Waals surface area (Å²) in [7, 11) is 0. The van der Waals surface area contributed by atoms with Gasteiger partial charge in [-0.15, -0.1) is 12.4 Å². The second kappa shape index (κ2) is 8.15. The highest BCUT2D eigenvalue weighted by atomic mass is 79.9. The lowest BCUT2D eigenvalue weighted by Gasteiger charge is -2.22. The minimum Gasteiger partial charge on any atom is -0.349 e. The SMILES string of the molecule is CC(C(=O)NC1CCc2c(Br)cccc21)C(N)c1ccccc1.Cl. The lowest BCUT2D eigenvalue weighted by Crippen LogP contribution is -2.37. The predicted octanol–water partition coefficient (Wildman–Crippen LogP) is 4.31. The maximum absolute atomic E-state index is 12.6. The maximum atomic E-state index is 12.6. The van der Waals surface area contributed by atoms with E-state index in [-0.39, 0.29) is 36.3 Å². The Labute approximate surface area is 157 Å². The van der Waals surface area contributed by atoms with Crippen LogP contribution in [0.4, 0.5) is 0 Å². The number of hydrogen-bond acceptors (Lipinski definition) is 2. The molecule has 0 aromatic heterocycles. The van der Waals surface area contributed by atoms with Crippen LogP contribution in [0.15, 0.2) is 53.0 Å². The van der Waals surface area contributed by atoms with Crippen LogP contribution in [0, 0.1) is 5.92 Å². The number of carbonyl (C=O) groups is 1. The van der Waals surface area contributed by atoms with Crippen LogP contribution in [0.5, 0.6) is 0 Å². The van der Waals surface area contributed by atoms with Crippen LogP contribution in [0.25, 0.3) is 0 Å². The van der Waals surface area contributed by atoms with Crippen molar-refractivity contribution in [2.45, 2.75) is 31.8 Å². The van der Waals surface area contributed by atoms with Gasteiger partial charge in [0, 0.05) is 10.5 Å². The highest BCUT2D eigenvalue weighted by Crippen LogP contribution is 2.36. The first-order chi connectivity index (χ1) is 11.1. The van der Waals surface area contributed by atoms with Gasteiger partial charge in [0.15, 0.2) is 0 Å². The first kappa shape index (κ1) is 19.0. The van der Waals surface area contributed by atoms with Gasteiger partial charge in [0.1, 0.15) is 0 Å². The van der Waals surface area contributed by atoms with E-state index in [1.807, 2.05) is 43.3 Å². The van der Waals surface area contributed by atoms with Crippen molar-refractivity contribution in [3.63, 3.8) is 0 Å². The number of nitrogens with two attached hydrogens (primary N) is 1. The normalized spacial score (nSPS) is 18.2. The van der Waals surface area contributed by atoms with Gasteiger partial charge in [0.05, 0.1) is 12.0 Å². The molecule has 3 rings (SSSR count). The van der Waals surface area contributed by atoms with E-state index in [2.05, 4.69) is 33.4 Å². The molecule has 3 atom stereocenters. The number of halogens is 2. The summed E-state index contributed by atoms with van der Waals surface area (Å²) in [5.74, 6) is -0.257. The van der Waals surface area contributed by atoms with Crippen molar-refractivity contribution in [2.75, 3.05) is 0 Å². The molecule has 2 aromatic rings. The maximum Gasteiger partial charge on any atom is 0.225 e. The number of fused-ring (bicyclic) bond motifs is 1. The van der Waals surface area contributed by atoms with Crippen molar-refractivity contribution in [3.05, 3.63) is 69.7 Å². The van der Waals surface area contributed by atoms with E-state index in [9.17, 15) is 4.79 Å². The van der Waals surface area contributed by atoms with E-state index < -0.39 is 0 Å². The van der Waals surface area contributed by atoms with Crippen LogP contribution in [-0.4, -0.2) is 5.91 Å². The summed E-state index contributed by atoms with van der Waals surface area (Å²) < 4.78 is 1.13. The number of nitrogens with one attached hydrogen (secondary N) is 1. The minimum atomic E-state index is -0.292. The van der Waals surface area contributed by atoms with Gasteiger partial charge in [-0.25, -0.2) is 0 Å². The molecule has 0 saturated heterocycles. The summed E-state index contributed by atoms with van der Waals surface area (Å²) in [5, 5.41) is 3.17. The molecule has 0 fully saturated rings. The van der Waals surface area contributed by atoms with Crippen molar-refractivity contribution < 1.29 is 4.79 Å². The number of rotatable bonds is 4. The predicted molar refractivity (Wildman–Crippen MR) is 103 cm³/mol. The van der Waals surface area contributed by atoms with Gasteiger partial charge < -0.3 is 11.1 Å². The van der Waals surface area contributed by atoms with E-state index >= 15 is 0 Å². The van der Waals surface area contributed by atoms with Crippen molar-refractivity contribution in [2.24, 2.45) is 11.7 Å². The molecule has 24 heavy (non-hydrogen) atoms. The topological polar surface area (TPSA) is 55.1 Å². The number of amides is 1. The lowest BCUT2D eigenvalue weighted by molar-refractivity contribution is -0.125. The molecule has 1 aliphatic rings. The van der Waals surface area contributed by atoms with Crippen molar-refractivity contribution in [1.82, 2.24) is 5.32 Å². The fraction of sp³-hybridized carbons (Fsp3) is 0.316. The summed E-state index contributed by atoms with van der Waals surface area (Å²) >= 11 is 3.59. The Morgan fingerprint density at radius 1 is 1.21 bits per heavy atom. The summed E-state index contributed by atoms with van der Waals surface area (Å²) in [6.45, 7) is 1.89. The first-order valence-corrected chi connectivity index (χ1v) is 8.75. The van der Waals surface area contributed by atoms with Crippen molar-refractivity contribution in [1.29, 1.82) is 0 Å². The van der Waals surface area contributed by atoms with Gasteiger partial charge in [-0.3, -0.25) is 4.79 Å². The Bertz CT molecular complexity index is 708. The molecular weight excluding hydrogens is 388 g/mol. The molecule has 3 unspecified atom stereocenters. The van der Waals surface area contributed by atoms with Gasteiger partial charge in [-0.1, -0.05) is 65.3 Å². The zero-order valence-electron chi connectivity index (χ0n) is 13.5. The molecule has 1 aliphatic carbocycles. The summed E-state index contributed by atoms with van der Waals surface area (Å²) in [6, 6.07) is 15.7. The quantitative estimate of drug-likeness (QED) is 0.790. The Balaban J connectivity index is 0.00000208. The number of carbonyl (C=O) groups excluding carboxylic acids is 1. The Morgan fingerprint density at radius 2 is 1.92 bits per heavy atom. The van der Waals surface area contributed by atoms with E-state index in [0.717, 1.165) is 22.9 Å². The molecular formula is C19H22BrClN2O. The van der Waals surface area contributed by atoms with E-state index in [0.29, 0.717) is 0 Å². The summed E-state index contributed by atoms with van der Waals surface area (Å²) in [6.07, 6.45) is 1.93. The number of hydrogen-bond donors (Lipinski definition) is 2. The van der Waals surface area contributed by atoms with Gasteiger partial charge in [-0.05, 0) is 35.6 Å². The van der Waals surface area contributed by atoms with Crippen LogP contribution in [0.3, 0.4) is 0 Å². The minimum absolute atomic E-state index is 0.